The molecule has 0 radical (unpaired) electrons. The zero-order valence-electron chi connectivity index (χ0n) is 13.3. The van der Waals surface area contributed by atoms with Crippen molar-refractivity contribution in [2.24, 2.45) is 4.99 Å². The number of amides is 1. The van der Waals surface area contributed by atoms with Crippen molar-refractivity contribution in [2.45, 2.75) is 11.3 Å². The van der Waals surface area contributed by atoms with Gasteiger partial charge in [-0.3, -0.25) is 4.79 Å². The number of rotatable bonds is 4. The van der Waals surface area contributed by atoms with E-state index in [-0.39, 0.29) is 29.4 Å². The van der Waals surface area contributed by atoms with Crippen LogP contribution in [0.4, 0.5) is 5.69 Å². The lowest BCUT2D eigenvalue weighted by molar-refractivity contribution is -0.121. The number of nitrogens with zero attached hydrogens (tertiary/aromatic N) is 2. The predicted molar refractivity (Wildman–Crippen MR) is 93.6 cm³/mol. The van der Waals surface area contributed by atoms with Gasteiger partial charge in [0, 0.05) is 24.1 Å². The number of aliphatic imine (C=N–C) groups is 1. The second-order valence-electron chi connectivity index (χ2n) is 5.59. The Labute approximate surface area is 144 Å². The quantitative estimate of drug-likeness (QED) is 0.780. The molecule has 2 saturated heterocycles. The molecule has 0 N–H and O–H groups in total. The summed E-state index contributed by atoms with van der Waals surface area (Å²) in [6, 6.07) is 7.06. The molecule has 24 heavy (non-hydrogen) atoms. The van der Waals surface area contributed by atoms with E-state index in [1.165, 1.54) is 18.9 Å². The van der Waals surface area contributed by atoms with E-state index in [4.69, 9.17) is 9.47 Å². The summed E-state index contributed by atoms with van der Waals surface area (Å²) in [6.07, 6.45) is 0. The lowest BCUT2D eigenvalue weighted by atomic mass is 10.2. The lowest BCUT2D eigenvalue weighted by Crippen LogP contribution is -2.37. The fourth-order valence-electron chi connectivity index (χ4n) is 2.89. The first-order chi connectivity index (χ1) is 11.4. The monoisotopic (exact) mass is 370 g/mol. The maximum atomic E-state index is 12.0. The fraction of sp³-hybridized carbons (Fsp3) is 0.467. The van der Waals surface area contributed by atoms with Crippen LogP contribution in [-0.2, 0) is 19.4 Å². The Morgan fingerprint density at radius 1 is 1.38 bits per heavy atom. The Morgan fingerprint density at radius 3 is 2.88 bits per heavy atom. The van der Waals surface area contributed by atoms with Gasteiger partial charge in [0.05, 0.1) is 24.7 Å². The second-order valence-corrected chi connectivity index (χ2v) is 8.95. The van der Waals surface area contributed by atoms with Crippen molar-refractivity contribution >= 4 is 38.4 Å². The molecule has 1 aromatic carbocycles. The summed E-state index contributed by atoms with van der Waals surface area (Å²) in [5, 5.41) is 0.380. The van der Waals surface area contributed by atoms with Crippen LogP contribution in [0.2, 0.25) is 0 Å². The van der Waals surface area contributed by atoms with E-state index in [1.54, 1.807) is 7.11 Å². The molecule has 2 unspecified atom stereocenters. The Balaban J connectivity index is 1.99. The summed E-state index contributed by atoms with van der Waals surface area (Å²) in [5.74, 6) is 0.416. The highest BCUT2D eigenvalue weighted by atomic mass is 32.2. The van der Waals surface area contributed by atoms with Gasteiger partial charge in [0.1, 0.15) is 12.4 Å². The van der Waals surface area contributed by atoms with Crippen molar-refractivity contribution in [2.75, 3.05) is 37.2 Å². The van der Waals surface area contributed by atoms with E-state index in [0.717, 1.165) is 5.69 Å². The van der Waals surface area contributed by atoms with E-state index < -0.39 is 15.7 Å². The molecule has 7 nitrogen and oxygen atoms in total. The smallest absolute Gasteiger partial charge is 0.274 e. The topological polar surface area (TPSA) is 85.3 Å². The van der Waals surface area contributed by atoms with Crippen molar-refractivity contribution in [3.63, 3.8) is 0 Å². The first kappa shape index (κ1) is 17.2. The number of benzene rings is 1. The molecule has 0 spiro atoms. The molecule has 9 heteroatoms. The van der Waals surface area contributed by atoms with Crippen molar-refractivity contribution in [3.8, 4) is 5.75 Å². The number of carbonyl (C=O) groups excluding carboxylic acids is 1. The van der Waals surface area contributed by atoms with Crippen molar-refractivity contribution in [1.29, 1.82) is 0 Å². The molecule has 3 rings (SSSR count). The fourth-order valence-corrected chi connectivity index (χ4v) is 6.82. The molecule has 0 aromatic heterocycles. The SMILES string of the molecule is COCC(=O)N=C1SC2CS(=O)(=O)CC2N1c1cccc(OC)c1. The standard InChI is InChI=1S/C15H18N2O5S2/c1-21-7-14(18)16-15-17(10-4-3-5-11(6-10)22-2)12-8-24(19,20)9-13(12)23-15/h3-6,12-13H,7-9H2,1-2H3. The first-order valence-corrected chi connectivity index (χ1v) is 10.0. The number of ether oxygens (including phenoxy) is 2. The van der Waals surface area contributed by atoms with E-state index >= 15 is 0 Å². The Morgan fingerprint density at radius 2 is 2.17 bits per heavy atom. The number of hydrogen-bond donors (Lipinski definition) is 0. The van der Waals surface area contributed by atoms with Gasteiger partial charge in [-0.25, -0.2) is 8.42 Å². The summed E-state index contributed by atoms with van der Waals surface area (Å²) in [7, 11) is -0.0838. The molecule has 2 aliphatic heterocycles. The minimum atomic E-state index is -3.08. The number of carbonyl (C=O) groups is 1. The third kappa shape index (κ3) is 3.42. The zero-order chi connectivity index (χ0) is 17.3. The lowest BCUT2D eigenvalue weighted by Gasteiger charge is -2.24. The van der Waals surface area contributed by atoms with Crippen molar-refractivity contribution in [1.82, 2.24) is 0 Å². The molecular weight excluding hydrogens is 352 g/mol. The van der Waals surface area contributed by atoms with Crippen LogP contribution in [0.5, 0.6) is 5.75 Å². The molecule has 2 aliphatic rings. The zero-order valence-corrected chi connectivity index (χ0v) is 15.0. The van der Waals surface area contributed by atoms with E-state index in [0.29, 0.717) is 10.9 Å². The van der Waals surface area contributed by atoms with Crippen LogP contribution in [-0.4, -0.2) is 63.1 Å². The average Bonchev–Trinajstić information content (AvgIpc) is 2.98. The molecule has 1 amide bonds. The normalized spacial score (nSPS) is 26.6. The highest BCUT2D eigenvalue weighted by Gasteiger charge is 2.49. The van der Waals surface area contributed by atoms with E-state index in [1.807, 2.05) is 29.2 Å². The number of thioether (sulfide) groups is 1. The summed E-state index contributed by atoms with van der Waals surface area (Å²) in [6.45, 7) is -0.107. The van der Waals surface area contributed by atoms with Gasteiger partial charge < -0.3 is 14.4 Å². The van der Waals surface area contributed by atoms with Crippen LogP contribution in [0.3, 0.4) is 0 Å². The second kappa shape index (κ2) is 6.73. The van der Waals surface area contributed by atoms with Gasteiger partial charge in [-0.15, -0.1) is 0 Å². The van der Waals surface area contributed by atoms with Crippen LogP contribution < -0.4 is 9.64 Å². The number of sulfone groups is 1. The number of anilines is 1. The minimum Gasteiger partial charge on any atom is -0.497 e. The summed E-state index contributed by atoms with van der Waals surface area (Å²) in [5.41, 5.74) is 0.760. The van der Waals surface area contributed by atoms with Crippen LogP contribution >= 0.6 is 11.8 Å². The third-order valence-electron chi connectivity index (χ3n) is 3.89. The molecule has 130 valence electrons. The highest BCUT2D eigenvalue weighted by molar-refractivity contribution is 8.16. The van der Waals surface area contributed by atoms with Gasteiger partial charge in [-0.05, 0) is 12.1 Å². The summed E-state index contributed by atoms with van der Waals surface area (Å²) < 4.78 is 34.0. The van der Waals surface area contributed by atoms with Gasteiger partial charge >= 0.3 is 0 Å². The van der Waals surface area contributed by atoms with Gasteiger partial charge in [-0.2, -0.15) is 4.99 Å². The molecule has 2 fully saturated rings. The molecule has 0 aliphatic carbocycles. The number of fused-ring (bicyclic) bond motifs is 1. The van der Waals surface area contributed by atoms with Crippen LogP contribution in [0, 0.1) is 0 Å². The van der Waals surface area contributed by atoms with E-state index in [9.17, 15) is 13.2 Å². The van der Waals surface area contributed by atoms with Gasteiger partial charge in [-0.1, -0.05) is 17.8 Å². The molecule has 2 atom stereocenters. The van der Waals surface area contributed by atoms with Crippen molar-refractivity contribution in [3.05, 3.63) is 24.3 Å². The Hall–Kier alpha value is -1.58. The predicted octanol–water partition coefficient (Wildman–Crippen LogP) is 0.943. The highest BCUT2D eigenvalue weighted by Crippen LogP contribution is 2.41. The maximum Gasteiger partial charge on any atom is 0.274 e. The molecule has 0 saturated carbocycles. The van der Waals surface area contributed by atoms with E-state index in [2.05, 4.69) is 4.99 Å². The first-order valence-electron chi connectivity index (χ1n) is 7.34. The summed E-state index contributed by atoms with van der Waals surface area (Å²) in [4.78, 5) is 17.8. The average molecular weight is 370 g/mol. The molecular formula is C15H18N2O5S2. The van der Waals surface area contributed by atoms with Crippen LogP contribution in [0.15, 0.2) is 29.3 Å². The van der Waals surface area contributed by atoms with Crippen LogP contribution in [0.25, 0.3) is 0 Å². The largest absolute Gasteiger partial charge is 0.497 e. The van der Waals surface area contributed by atoms with Crippen molar-refractivity contribution < 1.29 is 22.7 Å². The van der Waals surface area contributed by atoms with Gasteiger partial charge in [0.25, 0.3) is 5.91 Å². The molecule has 1 aromatic rings. The van der Waals surface area contributed by atoms with Crippen LogP contribution in [0.1, 0.15) is 0 Å². The Bertz CT molecular complexity index is 778. The molecule has 0 bridgehead atoms. The molecule has 2 heterocycles. The third-order valence-corrected chi connectivity index (χ3v) is 7.10. The maximum absolute atomic E-state index is 12.0. The number of hydrogen-bond acceptors (Lipinski definition) is 6. The minimum absolute atomic E-state index is 0.0549. The Kier molecular flexibility index (Phi) is 4.84. The number of amidine groups is 1. The summed E-state index contributed by atoms with van der Waals surface area (Å²) >= 11 is 1.33. The van der Waals surface area contributed by atoms with Gasteiger partial charge in [0.2, 0.25) is 0 Å². The number of methoxy groups -OCH3 is 2. The van der Waals surface area contributed by atoms with Gasteiger partial charge in [0.15, 0.2) is 15.0 Å².